The van der Waals surface area contributed by atoms with Gasteiger partial charge < -0.3 is 14.8 Å². The lowest BCUT2D eigenvalue weighted by molar-refractivity contribution is -0.157. The van der Waals surface area contributed by atoms with Crippen molar-refractivity contribution in [3.8, 4) is 6.01 Å². The van der Waals surface area contributed by atoms with Crippen LogP contribution in [0.1, 0.15) is 32.3 Å². The van der Waals surface area contributed by atoms with Crippen molar-refractivity contribution in [2.45, 2.75) is 38.9 Å². The molecule has 122 valence electrons. The Morgan fingerprint density at radius 2 is 2.05 bits per heavy atom. The molecule has 1 fully saturated rings. The number of carbonyl (C=O) groups is 1. The zero-order chi connectivity index (χ0) is 16.0. The maximum Gasteiger partial charge on any atom is 0.316 e. The van der Waals surface area contributed by atoms with Crippen LogP contribution < -0.4 is 10.1 Å². The van der Waals surface area contributed by atoms with Gasteiger partial charge in [0.15, 0.2) is 0 Å². The first-order valence-corrected chi connectivity index (χ1v) is 7.56. The van der Waals surface area contributed by atoms with E-state index in [1.807, 2.05) is 6.92 Å². The average Bonchev–Trinajstić information content (AvgIpc) is 2.47. The highest BCUT2D eigenvalue weighted by molar-refractivity contribution is 5.74. The Bertz CT molecular complexity index is 489. The quantitative estimate of drug-likeness (QED) is 0.736. The zero-order valence-electron chi connectivity index (χ0n) is 13.0. The molecular formula is C15H22FN3O3. The van der Waals surface area contributed by atoms with Gasteiger partial charge in [-0.2, -0.15) is 0 Å². The molecule has 7 heteroatoms. The van der Waals surface area contributed by atoms with Crippen molar-refractivity contribution in [1.82, 2.24) is 15.3 Å². The molecule has 0 spiro atoms. The summed E-state index contributed by atoms with van der Waals surface area (Å²) in [7, 11) is 0. The number of rotatable bonds is 8. The largest absolute Gasteiger partial charge is 0.466 e. The first-order valence-electron chi connectivity index (χ1n) is 7.56. The van der Waals surface area contributed by atoms with Crippen LogP contribution in [0, 0.1) is 5.92 Å². The molecule has 0 bridgehead atoms. The van der Waals surface area contributed by atoms with Crippen LogP contribution in [0.2, 0.25) is 0 Å². The first kappa shape index (κ1) is 16.6. The number of esters is 1. The third-order valence-electron chi connectivity index (χ3n) is 3.57. The molecule has 6 nitrogen and oxygen atoms in total. The second kappa shape index (κ2) is 7.49. The van der Waals surface area contributed by atoms with E-state index in [1.165, 1.54) is 0 Å². The maximum atomic E-state index is 14.3. The van der Waals surface area contributed by atoms with Crippen LogP contribution in [0.25, 0.3) is 0 Å². The number of hydrogen-bond acceptors (Lipinski definition) is 6. The van der Waals surface area contributed by atoms with Crippen LogP contribution >= 0.6 is 0 Å². The average molecular weight is 311 g/mol. The molecular weight excluding hydrogens is 289 g/mol. The van der Waals surface area contributed by atoms with Gasteiger partial charge in [-0.15, -0.1) is 0 Å². The number of alkyl halides is 1. The first-order chi connectivity index (χ1) is 10.6. The van der Waals surface area contributed by atoms with Crippen LogP contribution in [0.15, 0.2) is 12.4 Å². The van der Waals surface area contributed by atoms with Gasteiger partial charge >= 0.3 is 12.0 Å². The summed E-state index contributed by atoms with van der Waals surface area (Å²) in [5, 5.41) is 3.04. The normalized spacial score (nSPS) is 23.7. The lowest BCUT2D eigenvalue weighted by atomic mass is 9.72. The van der Waals surface area contributed by atoms with E-state index in [-0.39, 0.29) is 31.3 Å². The Morgan fingerprint density at radius 3 is 2.64 bits per heavy atom. The predicted octanol–water partition coefficient (Wildman–Crippen LogP) is 1.65. The molecule has 0 aromatic carbocycles. The van der Waals surface area contributed by atoms with Gasteiger partial charge in [-0.1, -0.05) is 0 Å². The fraction of sp³-hybridized carbons (Fsp3) is 0.667. The number of hydrogen-bond donors (Lipinski definition) is 1. The van der Waals surface area contributed by atoms with Gasteiger partial charge in [0.25, 0.3) is 0 Å². The Labute approximate surface area is 129 Å². The maximum absolute atomic E-state index is 14.3. The molecule has 0 unspecified atom stereocenters. The van der Waals surface area contributed by atoms with Crippen molar-refractivity contribution in [2.75, 3.05) is 19.8 Å². The summed E-state index contributed by atoms with van der Waals surface area (Å²) in [6.07, 6.45) is 3.74. The van der Waals surface area contributed by atoms with Crippen molar-refractivity contribution < 1.29 is 18.7 Å². The Hall–Kier alpha value is -1.76. The second-order valence-corrected chi connectivity index (χ2v) is 5.42. The minimum Gasteiger partial charge on any atom is -0.466 e. The van der Waals surface area contributed by atoms with E-state index in [2.05, 4.69) is 15.3 Å². The van der Waals surface area contributed by atoms with Crippen LogP contribution in [0.5, 0.6) is 6.01 Å². The lowest BCUT2D eigenvalue weighted by Crippen LogP contribution is -2.50. The topological polar surface area (TPSA) is 73.3 Å². The molecule has 0 radical (unpaired) electrons. The van der Waals surface area contributed by atoms with Crippen molar-refractivity contribution in [3.05, 3.63) is 18.0 Å². The van der Waals surface area contributed by atoms with E-state index in [9.17, 15) is 9.18 Å². The van der Waals surface area contributed by atoms with E-state index in [4.69, 9.17) is 9.47 Å². The molecule has 1 aromatic rings. The van der Waals surface area contributed by atoms with Crippen molar-refractivity contribution in [2.24, 2.45) is 5.92 Å². The standard InChI is InChI=1S/C15H22FN3O3/c1-3-21-13(20)12-5-15(16,6-12)10-17-7-11-8-18-14(19-9-11)22-4-2/h8-9,12,17H,3-7,10H2,1-2H3. The van der Waals surface area contributed by atoms with Crippen molar-refractivity contribution >= 4 is 5.97 Å². The molecule has 1 aliphatic rings. The van der Waals surface area contributed by atoms with Crippen molar-refractivity contribution in [3.63, 3.8) is 0 Å². The molecule has 1 aromatic heterocycles. The molecule has 1 aliphatic carbocycles. The fourth-order valence-electron chi connectivity index (χ4n) is 2.46. The second-order valence-electron chi connectivity index (χ2n) is 5.42. The van der Waals surface area contributed by atoms with E-state index in [1.54, 1.807) is 19.3 Å². The smallest absolute Gasteiger partial charge is 0.316 e. The summed E-state index contributed by atoms with van der Waals surface area (Å²) < 4.78 is 24.3. The van der Waals surface area contributed by atoms with Gasteiger partial charge in [0.1, 0.15) is 5.67 Å². The number of ether oxygens (including phenoxy) is 2. The van der Waals surface area contributed by atoms with Gasteiger partial charge in [0, 0.05) is 31.0 Å². The molecule has 1 saturated carbocycles. The minimum atomic E-state index is -1.33. The summed E-state index contributed by atoms with van der Waals surface area (Å²) in [6, 6.07) is 0.337. The van der Waals surface area contributed by atoms with E-state index < -0.39 is 5.67 Å². The van der Waals surface area contributed by atoms with Crippen LogP contribution in [0.4, 0.5) is 4.39 Å². The van der Waals surface area contributed by atoms with E-state index in [0.717, 1.165) is 5.56 Å². The molecule has 2 rings (SSSR count). The van der Waals surface area contributed by atoms with Crippen LogP contribution in [0.3, 0.4) is 0 Å². The summed E-state index contributed by atoms with van der Waals surface area (Å²) in [5.41, 5.74) is -0.475. The van der Waals surface area contributed by atoms with Gasteiger partial charge in [-0.05, 0) is 26.7 Å². The minimum absolute atomic E-state index is 0.204. The van der Waals surface area contributed by atoms with Gasteiger partial charge in [0.05, 0.1) is 19.1 Å². The highest BCUT2D eigenvalue weighted by Gasteiger charge is 2.48. The summed E-state index contributed by atoms with van der Waals surface area (Å²) in [5.74, 6) is -0.601. The number of aromatic nitrogens is 2. The number of nitrogens with zero attached hydrogens (tertiary/aromatic N) is 2. The molecule has 0 aliphatic heterocycles. The van der Waals surface area contributed by atoms with E-state index >= 15 is 0 Å². The summed E-state index contributed by atoms with van der Waals surface area (Å²) >= 11 is 0. The highest BCUT2D eigenvalue weighted by atomic mass is 19.1. The Morgan fingerprint density at radius 1 is 1.36 bits per heavy atom. The number of carbonyl (C=O) groups excluding carboxylic acids is 1. The predicted molar refractivity (Wildman–Crippen MR) is 78.1 cm³/mol. The fourth-order valence-corrected chi connectivity index (χ4v) is 2.46. The Balaban J connectivity index is 1.69. The molecule has 0 atom stereocenters. The van der Waals surface area contributed by atoms with Gasteiger partial charge in [-0.3, -0.25) is 4.79 Å². The molecule has 0 saturated heterocycles. The van der Waals surface area contributed by atoms with E-state index in [0.29, 0.717) is 25.8 Å². The molecule has 22 heavy (non-hydrogen) atoms. The third-order valence-corrected chi connectivity index (χ3v) is 3.57. The Kier molecular flexibility index (Phi) is 5.65. The molecule has 0 amide bonds. The zero-order valence-corrected chi connectivity index (χ0v) is 13.0. The summed E-state index contributed by atoms with van der Waals surface area (Å²) in [4.78, 5) is 19.5. The lowest BCUT2D eigenvalue weighted by Gasteiger charge is -2.39. The third kappa shape index (κ3) is 4.37. The van der Waals surface area contributed by atoms with Gasteiger partial charge in [0.2, 0.25) is 0 Å². The summed E-state index contributed by atoms with van der Waals surface area (Å²) in [6.45, 7) is 5.15. The molecule has 1 N–H and O–H groups in total. The molecule has 1 heterocycles. The number of halogens is 1. The van der Waals surface area contributed by atoms with Crippen LogP contribution in [-0.4, -0.2) is 41.4 Å². The number of nitrogens with one attached hydrogen (secondary N) is 1. The monoisotopic (exact) mass is 311 g/mol. The van der Waals surface area contributed by atoms with Crippen molar-refractivity contribution in [1.29, 1.82) is 0 Å². The highest BCUT2D eigenvalue weighted by Crippen LogP contribution is 2.41. The SMILES string of the molecule is CCOC(=O)C1CC(F)(CNCc2cnc(OCC)nc2)C1. The van der Waals surface area contributed by atoms with Crippen LogP contribution in [-0.2, 0) is 16.1 Å². The van der Waals surface area contributed by atoms with Gasteiger partial charge in [-0.25, -0.2) is 14.4 Å².